The van der Waals surface area contributed by atoms with Gasteiger partial charge in [0, 0.05) is 13.6 Å². The van der Waals surface area contributed by atoms with Crippen molar-refractivity contribution in [3.05, 3.63) is 54.1 Å². The third kappa shape index (κ3) is 4.72. The number of hydrogen-bond acceptors (Lipinski definition) is 4. The molecule has 0 aliphatic carbocycles. The van der Waals surface area contributed by atoms with Crippen molar-refractivity contribution in [2.45, 2.75) is 18.3 Å². The van der Waals surface area contributed by atoms with Crippen LogP contribution in [0.2, 0.25) is 0 Å². The summed E-state index contributed by atoms with van der Waals surface area (Å²) in [5, 5.41) is 0.696. The summed E-state index contributed by atoms with van der Waals surface area (Å²) in [5.74, 6) is 0.296. The summed E-state index contributed by atoms with van der Waals surface area (Å²) >= 11 is 1.34. The number of rotatable bonds is 7. The lowest BCUT2D eigenvalue weighted by atomic mass is 10.2. The zero-order valence-corrected chi connectivity index (χ0v) is 14.8. The van der Waals surface area contributed by atoms with Crippen molar-refractivity contribution in [1.82, 2.24) is 14.9 Å². The lowest BCUT2D eigenvalue weighted by molar-refractivity contribution is -0.127. The number of benzene rings is 2. The molecule has 1 aromatic heterocycles. The largest absolute Gasteiger partial charge is 0.435 e. The number of para-hydroxylation sites is 2. The molecular formula is C18H17F2N3O2S. The maximum absolute atomic E-state index is 12.3. The van der Waals surface area contributed by atoms with Crippen LogP contribution in [0.3, 0.4) is 0 Å². The molecule has 3 aromatic rings. The van der Waals surface area contributed by atoms with E-state index in [-0.39, 0.29) is 17.4 Å². The Morgan fingerprint density at radius 3 is 2.65 bits per heavy atom. The van der Waals surface area contributed by atoms with E-state index >= 15 is 0 Å². The zero-order chi connectivity index (χ0) is 18.5. The Balaban J connectivity index is 1.52. The Kier molecular flexibility index (Phi) is 5.72. The number of amides is 1. The average molecular weight is 377 g/mol. The normalized spacial score (nSPS) is 11.1. The molecule has 3 rings (SSSR count). The molecule has 8 heteroatoms. The number of alkyl halides is 2. The highest BCUT2D eigenvalue weighted by molar-refractivity contribution is 7.99. The van der Waals surface area contributed by atoms with Crippen molar-refractivity contribution in [2.24, 2.45) is 0 Å². The van der Waals surface area contributed by atoms with E-state index < -0.39 is 6.61 Å². The number of thioether (sulfide) groups is 1. The Hall–Kier alpha value is -2.61. The highest BCUT2D eigenvalue weighted by Gasteiger charge is 2.12. The van der Waals surface area contributed by atoms with Crippen LogP contribution in [0.4, 0.5) is 8.78 Å². The van der Waals surface area contributed by atoms with Crippen LogP contribution >= 0.6 is 11.8 Å². The molecule has 0 unspecified atom stereocenters. The van der Waals surface area contributed by atoms with Crippen LogP contribution in [-0.2, 0) is 11.3 Å². The van der Waals surface area contributed by atoms with Gasteiger partial charge in [-0.1, -0.05) is 36.0 Å². The van der Waals surface area contributed by atoms with Crippen LogP contribution in [0.25, 0.3) is 11.0 Å². The number of halogens is 2. The molecule has 136 valence electrons. The predicted molar refractivity (Wildman–Crippen MR) is 96.4 cm³/mol. The van der Waals surface area contributed by atoms with Crippen molar-refractivity contribution in [3.63, 3.8) is 0 Å². The zero-order valence-electron chi connectivity index (χ0n) is 14.0. The molecule has 1 amide bonds. The van der Waals surface area contributed by atoms with Crippen LogP contribution in [0, 0.1) is 0 Å². The van der Waals surface area contributed by atoms with Gasteiger partial charge in [0.1, 0.15) is 5.75 Å². The Bertz CT molecular complexity index is 851. The number of ether oxygens (including phenoxy) is 1. The number of hydrogen-bond donors (Lipinski definition) is 1. The molecule has 0 aliphatic heterocycles. The second-order valence-corrected chi connectivity index (χ2v) is 6.58. The van der Waals surface area contributed by atoms with Gasteiger partial charge < -0.3 is 14.6 Å². The van der Waals surface area contributed by atoms with Crippen LogP contribution in [-0.4, -0.2) is 40.2 Å². The monoisotopic (exact) mass is 377 g/mol. The van der Waals surface area contributed by atoms with Crippen molar-refractivity contribution in [3.8, 4) is 5.75 Å². The molecule has 0 saturated carbocycles. The fraction of sp³-hybridized carbons (Fsp3) is 0.222. The molecule has 0 saturated heterocycles. The van der Waals surface area contributed by atoms with Crippen LogP contribution < -0.4 is 4.74 Å². The molecule has 0 spiro atoms. The van der Waals surface area contributed by atoms with Crippen LogP contribution in [0.5, 0.6) is 5.75 Å². The van der Waals surface area contributed by atoms with E-state index in [0.717, 1.165) is 16.6 Å². The second-order valence-electron chi connectivity index (χ2n) is 5.62. The Labute approximate surface area is 153 Å². The summed E-state index contributed by atoms with van der Waals surface area (Å²) in [5.41, 5.74) is 2.63. The summed E-state index contributed by atoms with van der Waals surface area (Å²) in [6.07, 6.45) is 0. The molecule has 26 heavy (non-hydrogen) atoms. The molecule has 0 atom stereocenters. The first kappa shape index (κ1) is 18.2. The van der Waals surface area contributed by atoms with Crippen molar-refractivity contribution < 1.29 is 18.3 Å². The minimum atomic E-state index is -2.85. The quantitative estimate of drug-likeness (QED) is 0.634. The minimum absolute atomic E-state index is 0.0524. The number of fused-ring (bicyclic) bond motifs is 1. The third-order valence-corrected chi connectivity index (χ3v) is 4.55. The van der Waals surface area contributed by atoms with Crippen molar-refractivity contribution in [1.29, 1.82) is 0 Å². The molecule has 0 fully saturated rings. The van der Waals surface area contributed by atoms with Gasteiger partial charge in [-0.05, 0) is 29.8 Å². The van der Waals surface area contributed by atoms with Gasteiger partial charge in [0.2, 0.25) is 5.91 Å². The molecule has 1 N–H and O–H groups in total. The Morgan fingerprint density at radius 2 is 1.96 bits per heavy atom. The van der Waals surface area contributed by atoms with E-state index in [2.05, 4.69) is 14.7 Å². The highest BCUT2D eigenvalue weighted by Crippen LogP contribution is 2.20. The van der Waals surface area contributed by atoms with Gasteiger partial charge in [0.25, 0.3) is 0 Å². The van der Waals surface area contributed by atoms with E-state index in [1.54, 1.807) is 24.1 Å². The molecule has 0 bridgehead atoms. The summed E-state index contributed by atoms with van der Waals surface area (Å²) in [6, 6.07) is 13.9. The molecule has 2 aromatic carbocycles. The summed E-state index contributed by atoms with van der Waals surface area (Å²) in [6.45, 7) is -2.46. The number of carbonyl (C=O) groups is 1. The third-order valence-electron chi connectivity index (χ3n) is 3.69. The SMILES string of the molecule is CN(Cc1ccc(OC(F)F)cc1)C(=O)CSc1nc2ccccc2[nH]1. The number of aromatic amines is 1. The maximum atomic E-state index is 12.3. The molecule has 0 aliphatic rings. The van der Waals surface area contributed by atoms with E-state index in [4.69, 9.17) is 0 Å². The minimum Gasteiger partial charge on any atom is -0.435 e. The van der Waals surface area contributed by atoms with Crippen LogP contribution in [0.1, 0.15) is 5.56 Å². The summed E-state index contributed by atoms with van der Waals surface area (Å²) in [4.78, 5) is 21.5. The van der Waals surface area contributed by atoms with Crippen molar-refractivity contribution in [2.75, 3.05) is 12.8 Å². The fourth-order valence-corrected chi connectivity index (χ4v) is 3.20. The average Bonchev–Trinajstić information content (AvgIpc) is 3.03. The smallest absolute Gasteiger partial charge is 0.387 e. The van der Waals surface area contributed by atoms with Gasteiger partial charge in [-0.15, -0.1) is 0 Å². The van der Waals surface area contributed by atoms with Gasteiger partial charge >= 0.3 is 6.61 Å². The first-order valence-corrected chi connectivity index (χ1v) is 8.85. The van der Waals surface area contributed by atoms with E-state index in [9.17, 15) is 13.6 Å². The highest BCUT2D eigenvalue weighted by atomic mass is 32.2. The molecule has 5 nitrogen and oxygen atoms in total. The topological polar surface area (TPSA) is 58.2 Å². The standard InChI is InChI=1S/C18H17F2N3O2S/c1-23(10-12-6-8-13(9-7-12)25-17(19)20)16(24)11-26-18-21-14-4-2-3-5-15(14)22-18/h2-9,17H,10-11H2,1H3,(H,21,22). The van der Waals surface area contributed by atoms with Gasteiger partial charge in [-0.3, -0.25) is 4.79 Å². The van der Waals surface area contributed by atoms with Gasteiger partial charge in [0.15, 0.2) is 5.16 Å². The molecular weight excluding hydrogens is 360 g/mol. The van der Waals surface area contributed by atoms with Crippen molar-refractivity contribution >= 4 is 28.7 Å². The lowest BCUT2D eigenvalue weighted by Gasteiger charge is -2.17. The number of H-pyrrole nitrogens is 1. The van der Waals surface area contributed by atoms with E-state index in [0.29, 0.717) is 11.7 Å². The number of carbonyl (C=O) groups excluding carboxylic acids is 1. The van der Waals surface area contributed by atoms with Gasteiger partial charge in [-0.25, -0.2) is 4.98 Å². The number of nitrogens with zero attached hydrogens (tertiary/aromatic N) is 2. The number of aromatic nitrogens is 2. The summed E-state index contributed by atoms with van der Waals surface area (Å²) in [7, 11) is 1.70. The fourth-order valence-electron chi connectivity index (χ4n) is 2.38. The molecule has 0 radical (unpaired) electrons. The number of nitrogens with one attached hydrogen (secondary N) is 1. The maximum Gasteiger partial charge on any atom is 0.387 e. The van der Waals surface area contributed by atoms with Gasteiger partial charge in [-0.2, -0.15) is 8.78 Å². The Morgan fingerprint density at radius 1 is 1.23 bits per heavy atom. The first-order chi connectivity index (χ1) is 12.5. The first-order valence-electron chi connectivity index (χ1n) is 7.86. The van der Waals surface area contributed by atoms with E-state index in [1.807, 2.05) is 24.3 Å². The van der Waals surface area contributed by atoms with E-state index in [1.165, 1.54) is 23.9 Å². The second kappa shape index (κ2) is 8.18. The lowest BCUT2D eigenvalue weighted by Crippen LogP contribution is -2.27. The van der Waals surface area contributed by atoms with Crippen LogP contribution in [0.15, 0.2) is 53.7 Å². The molecule has 1 heterocycles. The van der Waals surface area contributed by atoms with Gasteiger partial charge in [0.05, 0.1) is 16.8 Å². The summed E-state index contributed by atoms with van der Waals surface area (Å²) < 4.78 is 28.6. The predicted octanol–water partition coefficient (Wildman–Crippen LogP) is 3.92. The number of imidazole rings is 1.